The number of carboxylic acid groups (broad SMARTS) is 1. The van der Waals surface area contributed by atoms with Crippen molar-refractivity contribution in [2.24, 2.45) is 5.41 Å². The summed E-state index contributed by atoms with van der Waals surface area (Å²) >= 11 is 6.44. The van der Waals surface area contributed by atoms with E-state index in [1.807, 2.05) is 18.2 Å². The standard InChI is InChI=1S/C32H35ClF3N5O2.ClH/c33-22-5-8-25(27(14-22)40-9-1-2-24(16-40)41-28(29(34)35)26(15-37-41)30(42)43)21-3-6-23(7-4-21)39-12-10-38(11-13-39)20-31-17-32(36,18-31)19-31;/h3-8,14-15,24,29H,1-2,9-13,16-20H2,(H,42,43);1H. The minimum absolute atomic E-state index is 0. The van der Waals surface area contributed by atoms with Gasteiger partial charge in [0.25, 0.3) is 6.43 Å². The molecule has 3 heterocycles. The highest BCUT2D eigenvalue weighted by Gasteiger charge is 2.69. The maximum atomic E-state index is 13.9. The van der Waals surface area contributed by atoms with Crippen LogP contribution in [-0.2, 0) is 0 Å². The van der Waals surface area contributed by atoms with Crippen molar-refractivity contribution in [3.8, 4) is 11.1 Å². The molecule has 1 N–H and O–H groups in total. The lowest BCUT2D eigenvalue weighted by Gasteiger charge is -2.67. The maximum absolute atomic E-state index is 13.9. The summed E-state index contributed by atoms with van der Waals surface area (Å²) in [6.07, 6.45) is 1.68. The van der Waals surface area contributed by atoms with Crippen LogP contribution in [0.1, 0.15) is 60.6 Å². The minimum atomic E-state index is -2.94. The van der Waals surface area contributed by atoms with Crippen molar-refractivity contribution in [2.45, 2.75) is 50.2 Å². The molecule has 1 unspecified atom stereocenters. The fraction of sp³-hybridized carbons (Fsp3) is 0.500. The summed E-state index contributed by atoms with van der Waals surface area (Å²) in [6.45, 7) is 5.99. The van der Waals surface area contributed by atoms with Crippen LogP contribution in [0.25, 0.3) is 11.1 Å². The van der Waals surface area contributed by atoms with E-state index in [4.69, 9.17) is 11.6 Å². The van der Waals surface area contributed by atoms with Gasteiger partial charge in [0.1, 0.15) is 16.9 Å². The van der Waals surface area contributed by atoms with Crippen molar-refractivity contribution in [1.29, 1.82) is 0 Å². The van der Waals surface area contributed by atoms with Gasteiger partial charge in [0.15, 0.2) is 0 Å². The van der Waals surface area contributed by atoms with Crippen LogP contribution in [0.15, 0.2) is 48.7 Å². The maximum Gasteiger partial charge on any atom is 0.339 e. The third-order valence-electron chi connectivity index (χ3n) is 9.86. The summed E-state index contributed by atoms with van der Waals surface area (Å²) in [5.41, 5.74) is 2.49. The fourth-order valence-corrected chi connectivity index (χ4v) is 8.11. The number of carbonyl (C=O) groups is 1. The molecule has 8 rings (SSSR count). The predicted molar refractivity (Wildman–Crippen MR) is 168 cm³/mol. The van der Waals surface area contributed by atoms with Crippen molar-refractivity contribution < 1.29 is 23.1 Å². The van der Waals surface area contributed by atoms with E-state index in [9.17, 15) is 23.1 Å². The van der Waals surface area contributed by atoms with Crippen molar-refractivity contribution in [1.82, 2.24) is 14.7 Å². The van der Waals surface area contributed by atoms with Gasteiger partial charge in [-0.25, -0.2) is 18.0 Å². The average Bonchev–Trinajstić information content (AvgIpc) is 3.43. The number of aromatic nitrogens is 2. The molecular weight excluding hydrogens is 614 g/mol. The lowest BCUT2D eigenvalue weighted by Crippen LogP contribution is -2.68. The van der Waals surface area contributed by atoms with Gasteiger partial charge in [-0.3, -0.25) is 9.58 Å². The molecule has 3 aromatic rings. The first kappa shape index (κ1) is 31.0. The second-order valence-corrected chi connectivity index (χ2v) is 13.3. The largest absolute Gasteiger partial charge is 0.478 e. The summed E-state index contributed by atoms with van der Waals surface area (Å²) < 4.78 is 42.9. The minimum Gasteiger partial charge on any atom is -0.478 e. The molecule has 1 atom stereocenters. The van der Waals surface area contributed by atoms with Gasteiger partial charge in [-0.05, 0) is 67.3 Å². The van der Waals surface area contributed by atoms with Crippen LogP contribution in [0.2, 0.25) is 5.02 Å². The highest BCUT2D eigenvalue weighted by molar-refractivity contribution is 6.31. The zero-order valence-electron chi connectivity index (χ0n) is 24.3. The summed E-state index contributed by atoms with van der Waals surface area (Å²) in [6, 6.07) is 13.9. The Hall–Kier alpha value is -2.95. The SMILES string of the molecule is Cl.O=C(O)c1cnn(C2CCCN(c3cc(Cl)ccc3-c3ccc(N4CCN(CC56CC(F)(C5)C6)CC4)cc3)C2)c1C(F)F. The lowest BCUT2D eigenvalue weighted by molar-refractivity contribution is -0.221. The van der Waals surface area contributed by atoms with Crippen LogP contribution in [0.5, 0.6) is 0 Å². The molecule has 0 amide bonds. The predicted octanol–water partition coefficient (Wildman–Crippen LogP) is 7.12. The Kier molecular flexibility index (Phi) is 8.30. The van der Waals surface area contributed by atoms with Crippen molar-refractivity contribution in [2.75, 3.05) is 55.6 Å². The van der Waals surface area contributed by atoms with Gasteiger partial charge in [-0.2, -0.15) is 5.10 Å². The number of piperazine rings is 1. The van der Waals surface area contributed by atoms with E-state index in [-0.39, 0.29) is 17.8 Å². The van der Waals surface area contributed by atoms with E-state index in [1.54, 1.807) is 0 Å². The molecular formula is C32H36Cl2F3N5O2. The van der Waals surface area contributed by atoms with Gasteiger partial charge in [0.2, 0.25) is 0 Å². The number of anilines is 2. The number of alkyl halides is 3. The molecule has 236 valence electrons. The molecule has 44 heavy (non-hydrogen) atoms. The monoisotopic (exact) mass is 649 g/mol. The lowest BCUT2D eigenvalue weighted by atomic mass is 9.42. The molecule has 0 spiro atoms. The normalized spacial score (nSPS) is 26.6. The van der Waals surface area contributed by atoms with E-state index in [0.717, 1.165) is 93.7 Å². The summed E-state index contributed by atoms with van der Waals surface area (Å²) in [5.74, 6) is -1.41. The smallest absolute Gasteiger partial charge is 0.339 e. The highest BCUT2D eigenvalue weighted by Crippen LogP contribution is 2.69. The second kappa shape index (κ2) is 11.8. The molecule has 2 aromatic carbocycles. The first-order chi connectivity index (χ1) is 20.6. The number of nitrogens with zero attached hydrogens (tertiary/aromatic N) is 5. The molecule has 1 aromatic heterocycles. The first-order valence-corrected chi connectivity index (χ1v) is 15.4. The van der Waals surface area contributed by atoms with Crippen LogP contribution in [0.3, 0.4) is 0 Å². The van der Waals surface area contributed by atoms with Gasteiger partial charge < -0.3 is 14.9 Å². The number of carboxylic acids is 1. The van der Waals surface area contributed by atoms with Gasteiger partial charge in [0, 0.05) is 67.8 Å². The van der Waals surface area contributed by atoms with E-state index in [1.165, 1.54) is 4.68 Å². The van der Waals surface area contributed by atoms with Crippen molar-refractivity contribution in [3.63, 3.8) is 0 Å². The van der Waals surface area contributed by atoms with E-state index in [2.05, 4.69) is 44.1 Å². The molecule has 0 radical (unpaired) electrons. The van der Waals surface area contributed by atoms with Gasteiger partial charge in [-0.1, -0.05) is 29.8 Å². The molecule has 2 bridgehead atoms. The Morgan fingerprint density at radius 1 is 1.02 bits per heavy atom. The molecule has 12 heteroatoms. The third kappa shape index (κ3) is 5.65. The molecule has 3 aliphatic carbocycles. The number of halogens is 5. The van der Waals surface area contributed by atoms with Gasteiger partial charge in [-0.15, -0.1) is 12.4 Å². The zero-order chi connectivity index (χ0) is 29.9. The molecule has 5 fully saturated rings. The van der Waals surface area contributed by atoms with Crippen molar-refractivity contribution in [3.05, 3.63) is 64.9 Å². The number of piperidine rings is 1. The summed E-state index contributed by atoms with van der Waals surface area (Å²) in [4.78, 5) is 18.6. The van der Waals surface area contributed by atoms with Crippen LogP contribution < -0.4 is 9.80 Å². The quantitative estimate of drug-likeness (QED) is 0.280. The first-order valence-electron chi connectivity index (χ1n) is 15.0. The Labute approximate surface area is 266 Å². The average molecular weight is 651 g/mol. The molecule has 5 aliphatic rings. The van der Waals surface area contributed by atoms with Crippen LogP contribution in [-0.4, -0.2) is 77.2 Å². The van der Waals surface area contributed by atoms with Crippen LogP contribution in [0.4, 0.5) is 24.5 Å². The molecule has 2 saturated heterocycles. The van der Waals surface area contributed by atoms with E-state index >= 15 is 0 Å². The van der Waals surface area contributed by atoms with Crippen molar-refractivity contribution >= 4 is 41.4 Å². The summed E-state index contributed by atoms with van der Waals surface area (Å²) in [7, 11) is 0. The zero-order valence-corrected chi connectivity index (χ0v) is 25.8. The molecule has 7 nitrogen and oxygen atoms in total. The van der Waals surface area contributed by atoms with Crippen LogP contribution >= 0.6 is 24.0 Å². The number of hydrogen-bond acceptors (Lipinski definition) is 5. The second-order valence-electron chi connectivity index (χ2n) is 12.9. The summed E-state index contributed by atoms with van der Waals surface area (Å²) in [5, 5.41) is 14.1. The third-order valence-corrected chi connectivity index (χ3v) is 10.1. The van der Waals surface area contributed by atoms with E-state index < -0.39 is 35.4 Å². The number of rotatable bonds is 8. The molecule has 3 saturated carbocycles. The number of hydrogen-bond donors (Lipinski definition) is 1. The Morgan fingerprint density at radius 2 is 1.73 bits per heavy atom. The molecule has 2 aliphatic heterocycles. The highest BCUT2D eigenvalue weighted by atomic mass is 35.5. The van der Waals surface area contributed by atoms with E-state index in [0.29, 0.717) is 18.0 Å². The van der Waals surface area contributed by atoms with Gasteiger partial charge in [0.05, 0.1) is 12.2 Å². The van der Waals surface area contributed by atoms with Gasteiger partial charge >= 0.3 is 5.97 Å². The fourth-order valence-electron chi connectivity index (χ4n) is 7.95. The Bertz CT molecular complexity index is 1510. The topological polar surface area (TPSA) is 64.8 Å². The van der Waals surface area contributed by atoms with Crippen LogP contribution in [0, 0.1) is 5.41 Å². The Morgan fingerprint density at radius 3 is 2.36 bits per heavy atom. The Balaban J connectivity index is 0.00000343. The number of benzene rings is 2. The number of aromatic carboxylic acids is 1.